The molecular weight excluding hydrogens is 613 g/mol. The standard InChI is InChI=1S/C31H35Cl2N3O6S/c1-4-27(31(38)34-18-21(2)3)35(19-22-10-11-23(32)16-26(22)33)30(37)20-36(43(39,40)25-8-6-5-7-9-25)24-12-13-28-29(17-24)42-15-14-41-28/h5-13,16-17,21,27H,4,14-15,18-20H2,1-3H3,(H,34,38)/t27-/m1/s1. The maximum absolute atomic E-state index is 14.2. The minimum absolute atomic E-state index is 0.00621. The van der Waals surface area contributed by atoms with Crippen LogP contribution in [0.2, 0.25) is 10.0 Å². The molecule has 2 amide bonds. The Hall–Kier alpha value is -3.47. The Labute approximate surface area is 262 Å². The van der Waals surface area contributed by atoms with Crippen LogP contribution < -0.4 is 19.1 Å². The number of nitrogens with zero attached hydrogens (tertiary/aromatic N) is 2. The summed E-state index contributed by atoms with van der Waals surface area (Å²) in [6.07, 6.45) is 0.288. The van der Waals surface area contributed by atoms with Crippen LogP contribution in [0, 0.1) is 5.92 Å². The van der Waals surface area contributed by atoms with Gasteiger partial charge in [-0.1, -0.05) is 68.2 Å². The Kier molecular flexibility index (Phi) is 10.8. The van der Waals surface area contributed by atoms with Crippen molar-refractivity contribution in [1.29, 1.82) is 0 Å². The minimum atomic E-state index is -4.22. The summed E-state index contributed by atoms with van der Waals surface area (Å²) < 4.78 is 40.4. The fourth-order valence-corrected chi connectivity index (χ4v) is 6.51. The Morgan fingerprint density at radius 2 is 1.65 bits per heavy atom. The smallest absolute Gasteiger partial charge is 0.264 e. The summed E-state index contributed by atoms with van der Waals surface area (Å²) in [5.74, 6) is 0.107. The van der Waals surface area contributed by atoms with E-state index in [4.69, 9.17) is 32.7 Å². The van der Waals surface area contributed by atoms with E-state index in [0.29, 0.717) is 46.9 Å². The molecule has 3 aromatic rings. The molecule has 0 aromatic heterocycles. The fraction of sp³-hybridized carbons (Fsp3) is 0.355. The van der Waals surface area contributed by atoms with E-state index in [0.717, 1.165) is 4.31 Å². The lowest BCUT2D eigenvalue weighted by molar-refractivity contribution is -0.140. The van der Waals surface area contributed by atoms with Gasteiger partial charge in [-0.3, -0.25) is 13.9 Å². The summed E-state index contributed by atoms with van der Waals surface area (Å²) in [6.45, 7) is 6.21. The van der Waals surface area contributed by atoms with Crippen molar-refractivity contribution in [2.75, 3.05) is 30.6 Å². The van der Waals surface area contributed by atoms with Crippen molar-refractivity contribution in [3.63, 3.8) is 0 Å². The zero-order valence-electron chi connectivity index (χ0n) is 24.3. The van der Waals surface area contributed by atoms with E-state index in [9.17, 15) is 18.0 Å². The van der Waals surface area contributed by atoms with E-state index in [1.54, 1.807) is 55.5 Å². The summed E-state index contributed by atoms with van der Waals surface area (Å²) in [6, 6.07) is 16.6. The lowest BCUT2D eigenvalue weighted by Crippen LogP contribution is -2.52. The van der Waals surface area contributed by atoms with E-state index < -0.39 is 28.5 Å². The zero-order chi connectivity index (χ0) is 31.1. The van der Waals surface area contributed by atoms with Crippen LogP contribution in [0.4, 0.5) is 5.69 Å². The molecule has 43 heavy (non-hydrogen) atoms. The van der Waals surface area contributed by atoms with E-state index in [-0.39, 0.29) is 35.4 Å². The Balaban J connectivity index is 1.76. The average Bonchev–Trinajstić information content (AvgIpc) is 2.99. The van der Waals surface area contributed by atoms with Crippen molar-refractivity contribution in [1.82, 2.24) is 10.2 Å². The molecular formula is C31H35Cl2N3O6S. The predicted octanol–water partition coefficient (Wildman–Crippen LogP) is 5.54. The van der Waals surface area contributed by atoms with Crippen molar-refractivity contribution in [2.24, 2.45) is 5.92 Å². The van der Waals surface area contributed by atoms with E-state index in [1.807, 2.05) is 13.8 Å². The summed E-state index contributed by atoms with van der Waals surface area (Å²) in [4.78, 5) is 29.0. The number of carbonyl (C=O) groups excluding carboxylic acids is 2. The topological polar surface area (TPSA) is 105 Å². The van der Waals surface area contributed by atoms with Gasteiger partial charge >= 0.3 is 0 Å². The summed E-state index contributed by atoms with van der Waals surface area (Å²) >= 11 is 12.6. The Morgan fingerprint density at radius 1 is 0.953 bits per heavy atom. The number of hydrogen-bond acceptors (Lipinski definition) is 6. The van der Waals surface area contributed by atoms with Crippen LogP contribution in [0.15, 0.2) is 71.6 Å². The molecule has 9 nitrogen and oxygen atoms in total. The van der Waals surface area contributed by atoms with Crippen molar-refractivity contribution in [3.8, 4) is 11.5 Å². The fourth-order valence-electron chi connectivity index (χ4n) is 4.61. The Bertz CT molecular complexity index is 1550. The summed E-state index contributed by atoms with van der Waals surface area (Å²) in [5, 5.41) is 3.65. The molecule has 1 aliphatic heterocycles. The van der Waals surface area contributed by atoms with Crippen LogP contribution in [0.25, 0.3) is 0 Å². The number of hydrogen-bond donors (Lipinski definition) is 1. The highest BCUT2D eigenvalue weighted by molar-refractivity contribution is 7.92. The summed E-state index contributed by atoms with van der Waals surface area (Å²) in [5.41, 5.74) is 0.773. The zero-order valence-corrected chi connectivity index (χ0v) is 26.6. The number of halogens is 2. The molecule has 0 radical (unpaired) electrons. The normalized spacial score (nSPS) is 13.3. The van der Waals surface area contributed by atoms with Crippen LogP contribution in [0.1, 0.15) is 32.8 Å². The number of amides is 2. The average molecular weight is 649 g/mol. The lowest BCUT2D eigenvalue weighted by atomic mass is 10.1. The molecule has 0 fully saturated rings. The predicted molar refractivity (Wildman–Crippen MR) is 167 cm³/mol. The van der Waals surface area contributed by atoms with Crippen molar-refractivity contribution in [3.05, 3.63) is 82.3 Å². The highest BCUT2D eigenvalue weighted by Crippen LogP contribution is 2.36. The number of carbonyl (C=O) groups is 2. The van der Waals surface area contributed by atoms with Gasteiger partial charge in [-0.05, 0) is 54.3 Å². The molecule has 0 unspecified atom stereocenters. The third kappa shape index (κ3) is 7.93. The second-order valence-corrected chi connectivity index (χ2v) is 13.2. The molecule has 0 bridgehead atoms. The van der Waals surface area contributed by atoms with Crippen molar-refractivity contribution in [2.45, 2.75) is 44.7 Å². The van der Waals surface area contributed by atoms with Gasteiger partial charge in [0.2, 0.25) is 11.8 Å². The first-order valence-corrected chi connectivity index (χ1v) is 16.2. The van der Waals surface area contributed by atoms with Crippen LogP contribution in [-0.4, -0.2) is 57.5 Å². The highest BCUT2D eigenvalue weighted by atomic mass is 35.5. The van der Waals surface area contributed by atoms with Gasteiger partial charge < -0.3 is 19.7 Å². The van der Waals surface area contributed by atoms with Crippen molar-refractivity contribution < 1.29 is 27.5 Å². The van der Waals surface area contributed by atoms with Gasteiger partial charge in [0.1, 0.15) is 25.8 Å². The molecule has 4 rings (SSSR count). The number of rotatable bonds is 12. The molecule has 1 heterocycles. The summed E-state index contributed by atoms with van der Waals surface area (Å²) in [7, 11) is -4.22. The van der Waals surface area contributed by atoms with Gasteiger partial charge in [0.15, 0.2) is 11.5 Å². The molecule has 0 aliphatic carbocycles. The second kappa shape index (κ2) is 14.3. The maximum Gasteiger partial charge on any atom is 0.264 e. The van der Waals surface area contributed by atoms with Gasteiger partial charge in [0.05, 0.1) is 10.6 Å². The van der Waals surface area contributed by atoms with Gasteiger partial charge in [0.25, 0.3) is 10.0 Å². The van der Waals surface area contributed by atoms with E-state index in [2.05, 4.69) is 5.32 Å². The molecule has 230 valence electrons. The van der Waals surface area contributed by atoms with Crippen LogP contribution in [0.3, 0.4) is 0 Å². The number of ether oxygens (including phenoxy) is 2. The third-order valence-corrected chi connectivity index (χ3v) is 9.23. The van der Waals surface area contributed by atoms with Crippen LogP contribution >= 0.6 is 23.2 Å². The van der Waals surface area contributed by atoms with Gasteiger partial charge in [-0.25, -0.2) is 8.42 Å². The van der Waals surface area contributed by atoms with Gasteiger partial charge in [-0.15, -0.1) is 0 Å². The van der Waals surface area contributed by atoms with Crippen molar-refractivity contribution >= 4 is 50.7 Å². The third-order valence-electron chi connectivity index (χ3n) is 6.85. The largest absolute Gasteiger partial charge is 0.486 e. The minimum Gasteiger partial charge on any atom is -0.486 e. The SMILES string of the molecule is CC[C@H](C(=O)NCC(C)C)N(Cc1ccc(Cl)cc1Cl)C(=O)CN(c1ccc2c(c1)OCCO2)S(=O)(=O)c1ccccc1. The molecule has 12 heteroatoms. The van der Waals surface area contributed by atoms with Crippen LogP contribution in [-0.2, 0) is 26.2 Å². The molecule has 0 saturated heterocycles. The van der Waals surface area contributed by atoms with Gasteiger partial charge in [0, 0.05) is 29.2 Å². The first-order valence-electron chi connectivity index (χ1n) is 14.0. The lowest BCUT2D eigenvalue weighted by Gasteiger charge is -2.33. The van der Waals surface area contributed by atoms with Crippen LogP contribution in [0.5, 0.6) is 11.5 Å². The van der Waals surface area contributed by atoms with E-state index in [1.165, 1.54) is 23.1 Å². The first-order chi connectivity index (χ1) is 20.5. The second-order valence-electron chi connectivity index (χ2n) is 10.5. The number of benzene rings is 3. The number of fused-ring (bicyclic) bond motifs is 1. The first kappa shape index (κ1) is 32.4. The monoisotopic (exact) mass is 647 g/mol. The number of anilines is 1. The molecule has 1 N–H and O–H groups in total. The molecule has 1 aliphatic rings. The van der Waals surface area contributed by atoms with Gasteiger partial charge in [-0.2, -0.15) is 0 Å². The molecule has 0 saturated carbocycles. The maximum atomic E-state index is 14.2. The number of nitrogens with one attached hydrogen (secondary N) is 1. The molecule has 3 aromatic carbocycles. The molecule has 1 atom stereocenters. The number of sulfonamides is 1. The highest BCUT2D eigenvalue weighted by Gasteiger charge is 2.34. The molecule has 0 spiro atoms. The Morgan fingerprint density at radius 3 is 2.30 bits per heavy atom. The quantitative estimate of drug-likeness (QED) is 0.277. The van der Waals surface area contributed by atoms with E-state index >= 15 is 0 Å².